The predicted octanol–water partition coefficient (Wildman–Crippen LogP) is 0.0859. The van der Waals surface area contributed by atoms with Crippen LogP contribution in [-0.4, -0.2) is 29.4 Å². The van der Waals surface area contributed by atoms with Gasteiger partial charge in [0.1, 0.15) is 5.54 Å². The summed E-state index contributed by atoms with van der Waals surface area (Å²) in [6, 6.07) is 0. The smallest absolute Gasteiger partial charge is 0.274 e. The first kappa shape index (κ1) is 7.58. The number of likely N-dealkylation sites (N-methyl/N-ethyl adjacent to an activating group) is 1. The first-order valence-electron chi connectivity index (χ1n) is 4.29. The number of nitrogens with zero attached hydrogens (tertiary/aromatic N) is 2. The van der Waals surface area contributed by atoms with E-state index < -0.39 is 0 Å². The van der Waals surface area contributed by atoms with Crippen molar-refractivity contribution < 1.29 is 4.79 Å². The van der Waals surface area contributed by atoms with Gasteiger partial charge in [0.25, 0.3) is 5.91 Å². The minimum atomic E-state index is -0.357. The van der Waals surface area contributed by atoms with Gasteiger partial charge in [-0.1, -0.05) is 12.8 Å². The Morgan fingerprint density at radius 3 is 2.50 bits per heavy atom. The van der Waals surface area contributed by atoms with E-state index >= 15 is 0 Å². The molecule has 12 heavy (non-hydrogen) atoms. The summed E-state index contributed by atoms with van der Waals surface area (Å²) in [6.45, 7) is 0. The second-order valence-electron chi connectivity index (χ2n) is 3.57. The Balaban J connectivity index is 2.33. The zero-order valence-electron chi connectivity index (χ0n) is 7.21. The van der Waals surface area contributed by atoms with Crippen molar-refractivity contribution in [2.45, 2.75) is 31.2 Å². The van der Waals surface area contributed by atoms with Crippen LogP contribution in [0.25, 0.3) is 0 Å². The molecule has 4 heteroatoms. The molecule has 1 amide bonds. The van der Waals surface area contributed by atoms with Crippen LogP contribution in [-0.2, 0) is 4.79 Å². The van der Waals surface area contributed by atoms with Gasteiger partial charge < -0.3 is 10.6 Å². The maximum atomic E-state index is 11.5. The van der Waals surface area contributed by atoms with Gasteiger partial charge in [0, 0.05) is 7.05 Å². The number of rotatable bonds is 0. The van der Waals surface area contributed by atoms with E-state index in [-0.39, 0.29) is 11.4 Å². The first-order chi connectivity index (χ1) is 5.67. The quantitative estimate of drug-likeness (QED) is 0.556. The topological polar surface area (TPSA) is 58.7 Å². The van der Waals surface area contributed by atoms with Crippen LogP contribution < -0.4 is 5.73 Å². The number of nitrogens with two attached hydrogens (primary N) is 1. The largest absolute Gasteiger partial charge is 0.369 e. The molecular weight excluding hydrogens is 154 g/mol. The van der Waals surface area contributed by atoms with E-state index in [4.69, 9.17) is 5.73 Å². The standard InChI is InChI=1S/C8H13N3O/c1-11-7(9)10-6(12)8(11)4-2-3-5-8/h2-5H2,1H3,(H2,9,10,12). The molecule has 0 aromatic rings. The van der Waals surface area contributed by atoms with Crippen LogP contribution in [0.15, 0.2) is 4.99 Å². The van der Waals surface area contributed by atoms with E-state index in [1.54, 1.807) is 0 Å². The number of amides is 1. The number of aliphatic imine (C=N–C) groups is 1. The molecule has 0 bridgehead atoms. The van der Waals surface area contributed by atoms with Crippen molar-refractivity contribution in [2.75, 3.05) is 7.05 Å². The number of hydrogen-bond donors (Lipinski definition) is 1. The highest BCUT2D eigenvalue weighted by Gasteiger charge is 2.49. The summed E-state index contributed by atoms with van der Waals surface area (Å²) in [7, 11) is 1.86. The van der Waals surface area contributed by atoms with Crippen LogP contribution in [0.4, 0.5) is 0 Å². The Kier molecular flexibility index (Phi) is 1.40. The fraction of sp³-hybridized carbons (Fsp3) is 0.750. The Labute approximate surface area is 71.4 Å². The Morgan fingerprint density at radius 1 is 1.50 bits per heavy atom. The molecule has 1 spiro atoms. The van der Waals surface area contributed by atoms with Gasteiger partial charge in [0.2, 0.25) is 0 Å². The second kappa shape index (κ2) is 2.21. The van der Waals surface area contributed by atoms with Gasteiger partial charge in [0.05, 0.1) is 0 Å². The summed E-state index contributed by atoms with van der Waals surface area (Å²) in [4.78, 5) is 17.1. The lowest BCUT2D eigenvalue weighted by molar-refractivity contribution is -0.124. The monoisotopic (exact) mass is 167 g/mol. The second-order valence-corrected chi connectivity index (χ2v) is 3.57. The highest BCUT2D eigenvalue weighted by molar-refractivity contribution is 6.05. The summed E-state index contributed by atoms with van der Waals surface area (Å²) in [5.41, 5.74) is 5.22. The van der Waals surface area contributed by atoms with E-state index in [0.29, 0.717) is 5.96 Å². The molecule has 2 aliphatic rings. The highest BCUT2D eigenvalue weighted by atomic mass is 16.2. The molecule has 0 atom stereocenters. The van der Waals surface area contributed by atoms with E-state index in [1.807, 2.05) is 11.9 Å². The average Bonchev–Trinajstić information content (AvgIpc) is 2.57. The minimum Gasteiger partial charge on any atom is -0.369 e. The molecule has 4 nitrogen and oxygen atoms in total. The number of carbonyl (C=O) groups excluding carboxylic acids is 1. The maximum absolute atomic E-state index is 11.5. The molecule has 0 aromatic heterocycles. The lowest BCUT2D eigenvalue weighted by atomic mass is 9.96. The van der Waals surface area contributed by atoms with Gasteiger partial charge in [-0.05, 0) is 12.8 Å². The molecule has 0 radical (unpaired) electrons. The Bertz CT molecular complexity index is 253. The molecule has 1 heterocycles. The van der Waals surface area contributed by atoms with Crippen LogP contribution in [0.2, 0.25) is 0 Å². The van der Waals surface area contributed by atoms with Crippen molar-refractivity contribution in [3.05, 3.63) is 0 Å². The lowest BCUT2D eigenvalue weighted by Gasteiger charge is -2.30. The molecule has 1 aliphatic heterocycles. The van der Waals surface area contributed by atoms with Crippen LogP contribution in [0.1, 0.15) is 25.7 Å². The van der Waals surface area contributed by atoms with Crippen molar-refractivity contribution in [1.29, 1.82) is 0 Å². The minimum absolute atomic E-state index is 0.0417. The number of guanidine groups is 1. The van der Waals surface area contributed by atoms with Crippen LogP contribution in [0, 0.1) is 0 Å². The fourth-order valence-electron chi connectivity index (χ4n) is 2.16. The molecule has 0 unspecified atom stereocenters. The van der Waals surface area contributed by atoms with Crippen LogP contribution >= 0.6 is 0 Å². The molecule has 2 N–H and O–H groups in total. The van der Waals surface area contributed by atoms with Gasteiger partial charge in [-0.15, -0.1) is 0 Å². The zero-order chi connectivity index (χ0) is 8.77. The Morgan fingerprint density at radius 2 is 2.08 bits per heavy atom. The molecule has 2 rings (SSSR count). The summed E-state index contributed by atoms with van der Waals surface area (Å²) in [5, 5.41) is 0. The summed E-state index contributed by atoms with van der Waals surface area (Å²) in [6.07, 6.45) is 4.04. The molecule has 1 saturated carbocycles. The Hall–Kier alpha value is -1.06. The van der Waals surface area contributed by atoms with Crippen molar-refractivity contribution in [2.24, 2.45) is 10.7 Å². The van der Waals surface area contributed by atoms with Crippen molar-refractivity contribution in [1.82, 2.24) is 4.90 Å². The van der Waals surface area contributed by atoms with Crippen molar-refractivity contribution in [3.8, 4) is 0 Å². The van der Waals surface area contributed by atoms with E-state index in [1.165, 1.54) is 0 Å². The van der Waals surface area contributed by atoms with Gasteiger partial charge >= 0.3 is 0 Å². The predicted molar refractivity (Wildman–Crippen MR) is 45.6 cm³/mol. The van der Waals surface area contributed by atoms with Crippen LogP contribution in [0.3, 0.4) is 0 Å². The average molecular weight is 167 g/mol. The summed E-state index contributed by atoms with van der Waals surface area (Å²) < 4.78 is 0. The summed E-state index contributed by atoms with van der Waals surface area (Å²) in [5.74, 6) is 0.335. The maximum Gasteiger partial charge on any atom is 0.274 e. The third-order valence-electron chi connectivity index (χ3n) is 3.03. The van der Waals surface area contributed by atoms with Crippen molar-refractivity contribution in [3.63, 3.8) is 0 Å². The molecule has 1 aliphatic carbocycles. The third kappa shape index (κ3) is 0.722. The van der Waals surface area contributed by atoms with Gasteiger partial charge in [0.15, 0.2) is 5.96 Å². The number of hydrogen-bond acceptors (Lipinski definition) is 3. The van der Waals surface area contributed by atoms with Crippen LogP contribution in [0.5, 0.6) is 0 Å². The van der Waals surface area contributed by atoms with Crippen molar-refractivity contribution >= 4 is 11.9 Å². The van der Waals surface area contributed by atoms with Gasteiger partial charge in [-0.2, -0.15) is 4.99 Å². The van der Waals surface area contributed by atoms with E-state index in [2.05, 4.69) is 4.99 Å². The molecule has 0 saturated heterocycles. The normalized spacial score (nSPS) is 26.9. The molecule has 66 valence electrons. The third-order valence-corrected chi connectivity index (χ3v) is 3.03. The highest BCUT2D eigenvalue weighted by Crippen LogP contribution is 2.38. The molecular formula is C8H13N3O. The SMILES string of the molecule is CN1C(N)=NC(=O)C12CCCC2. The van der Waals surface area contributed by atoms with Gasteiger partial charge in [-0.25, -0.2) is 0 Å². The fourth-order valence-corrected chi connectivity index (χ4v) is 2.16. The van der Waals surface area contributed by atoms with Gasteiger partial charge in [-0.3, -0.25) is 4.79 Å². The molecule has 1 fully saturated rings. The molecule has 0 aromatic carbocycles. The number of carbonyl (C=O) groups is 1. The zero-order valence-corrected chi connectivity index (χ0v) is 7.21. The lowest BCUT2D eigenvalue weighted by Crippen LogP contribution is -2.49. The van der Waals surface area contributed by atoms with E-state index in [9.17, 15) is 4.79 Å². The first-order valence-corrected chi connectivity index (χ1v) is 4.29. The van der Waals surface area contributed by atoms with E-state index in [0.717, 1.165) is 25.7 Å². The summed E-state index contributed by atoms with van der Waals surface area (Å²) >= 11 is 0.